The van der Waals surface area contributed by atoms with Gasteiger partial charge in [-0.2, -0.15) is 0 Å². The van der Waals surface area contributed by atoms with Crippen LogP contribution in [0.15, 0.2) is 66.7 Å². The first-order valence-corrected chi connectivity index (χ1v) is 9.20. The molecule has 0 amide bonds. The molecule has 1 aliphatic carbocycles. The van der Waals surface area contributed by atoms with Gasteiger partial charge >= 0.3 is 0 Å². The van der Waals surface area contributed by atoms with Crippen molar-refractivity contribution in [3.8, 4) is 0 Å². The van der Waals surface area contributed by atoms with Crippen molar-refractivity contribution < 1.29 is 4.39 Å². The molecule has 25 heavy (non-hydrogen) atoms. The van der Waals surface area contributed by atoms with Crippen LogP contribution in [0.5, 0.6) is 0 Å². The Hall–Kier alpha value is -2.19. The maximum absolute atomic E-state index is 14.1. The maximum Gasteiger partial charge on any atom is 0.131 e. The van der Waals surface area contributed by atoms with E-state index in [9.17, 15) is 4.39 Å². The first-order valence-electron chi connectivity index (χ1n) is 9.20. The maximum atomic E-state index is 14.1. The van der Waals surface area contributed by atoms with Gasteiger partial charge in [0.25, 0.3) is 0 Å². The molecule has 3 aromatic carbocycles. The van der Waals surface area contributed by atoms with E-state index in [1.165, 1.54) is 30.4 Å². The van der Waals surface area contributed by atoms with Gasteiger partial charge in [-0.05, 0) is 54.7 Å². The summed E-state index contributed by atoms with van der Waals surface area (Å²) in [4.78, 5) is 0. The molecule has 128 valence electrons. The fourth-order valence-corrected chi connectivity index (χ4v) is 4.27. The first kappa shape index (κ1) is 16.3. The van der Waals surface area contributed by atoms with Crippen molar-refractivity contribution in [3.63, 3.8) is 0 Å². The molecule has 1 fully saturated rings. The van der Waals surface area contributed by atoms with Gasteiger partial charge in [0.2, 0.25) is 0 Å². The average Bonchev–Trinajstić information content (AvgIpc) is 3.11. The van der Waals surface area contributed by atoms with Crippen LogP contribution in [0, 0.1) is 5.82 Å². The van der Waals surface area contributed by atoms with E-state index in [1.807, 2.05) is 30.3 Å². The Bertz CT molecular complexity index is 858. The standard InChI is InChI=1S/C23H24FN/c1-16(20-13-14-23(24)22-10-6-5-9-21(20)22)25-19-12-11-18(15-19)17-7-3-2-4-8-17/h2-10,13-14,16,18-19,25H,11-12,15H2,1H3/t16-,18?,19?/m1/s1. The van der Waals surface area contributed by atoms with Gasteiger partial charge in [-0.3, -0.25) is 0 Å². The molecule has 0 aromatic heterocycles. The Morgan fingerprint density at radius 1 is 0.880 bits per heavy atom. The summed E-state index contributed by atoms with van der Waals surface area (Å²) in [7, 11) is 0. The zero-order valence-electron chi connectivity index (χ0n) is 14.6. The van der Waals surface area contributed by atoms with Crippen LogP contribution in [0.4, 0.5) is 4.39 Å². The minimum Gasteiger partial charge on any atom is -0.307 e. The van der Waals surface area contributed by atoms with Gasteiger partial charge < -0.3 is 5.32 Å². The second kappa shape index (κ2) is 6.97. The van der Waals surface area contributed by atoms with Crippen LogP contribution in [-0.4, -0.2) is 6.04 Å². The van der Waals surface area contributed by atoms with E-state index in [0.717, 1.165) is 5.39 Å². The Morgan fingerprint density at radius 2 is 1.60 bits per heavy atom. The highest BCUT2D eigenvalue weighted by Crippen LogP contribution is 2.36. The van der Waals surface area contributed by atoms with Crippen LogP contribution >= 0.6 is 0 Å². The molecule has 0 aliphatic heterocycles. The average molecular weight is 333 g/mol. The number of benzene rings is 3. The van der Waals surface area contributed by atoms with Crippen molar-refractivity contribution in [2.24, 2.45) is 0 Å². The molecule has 2 unspecified atom stereocenters. The van der Waals surface area contributed by atoms with Gasteiger partial charge in [-0.15, -0.1) is 0 Å². The van der Waals surface area contributed by atoms with Crippen molar-refractivity contribution >= 4 is 10.8 Å². The molecule has 1 saturated carbocycles. The summed E-state index contributed by atoms with van der Waals surface area (Å²) in [5, 5.41) is 5.51. The third kappa shape index (κ3) is 3.32. The molecule has 1 nitrogen and oxygen atoms in total. The van der Waals surface area contributed by atoms with Crippen molar-refractivity contribution in [2.75, 3.05) is 0 Å². The molecule has 3 atom stereocenters. The molecular formula is C23H24FN. The lowest BCUT2D eigenvalue weighted by Gasteiger charge is -2.22. The molecule has 0 heterocycles. The third-order valence-corrected chi connectivity index (χ3v) is 5.56. The minimum atomic E-state index is -0.142. The van der Waals surface area contributed by atoms with Crippen LogP contribution in [0.25, 0.3) is 10.8 Å². The minimum absolute atomic E-state index is 0.142. The van der Waals surface area contributed by atoms with Crippen LogP contribution in [0.1, 0.15) is 49.3 Å². The predicted octanol–water partition coefficient (Wildman–Crippen LogP) is 5.97. The van der Waals surface area contributed by atoms with Gasteiger partial charge in [0, 0.05) is 17.5 Å². The van der Waals surface area contributed by atoms with E-state index in [4.69, 9.17) is 0 Å². The van der Waals surface area contributed by atoms with Gasteiger partial charge in [0.1, 0.15) is 5.82 Å². The summed E-state index contributed by atoms with van der Waals surface area (Å²) in [6.45, 7) is 2.19. The lowest BCUT2D eigenvalue weighted by Crippen LogP contribution is -2.29. The van der Waals surface area contributed by atoms with Crippen molar-refractivity contribution in [1.29, 1.82) is 0 Å². The first-order chi connectivity index (χ1) is 12.2. The molecule has 1 N–H and O–H groups in total. The Labute approximate surface area is 148 Å². The van der Waals surface area contributed by atoms with Crippen LogP contribution < -0.4 is 5.32 Å². The van der Waals surface area contributed by atoms with Crippen LogP contribution in [0.2, 0.25) is 0 Å². The highest BCUT2D eigenvalue weighted by atomic mass is 19.1. The molecule has 4 rings (SSSR count). The van der Waals surface area contributed by atoms with Crippen LogP contribution in [0.3, 0.4) is 0 Å². The van der Waals surface area contributed by atoms with Gasteiger partial charge in [-0.25, -0.2) is 4.39 Å². The highest BCUT2D eigenvalue weighted by Gasteiger charge is 2.27. The number of fused-ring (bicyclic) bond motifs is 1. The van der Waals surface area contributed by atoms with Crippen molar-refractivity contribution in [3.05, 3.63) is 83.7 Å². The molecule has 2 heteroatoms. The van der Waals surface area contributed by atoms with E-state index in [-0.39, 0.29) is 11.9 Å². The monoisotopic (exact) mass is 333 g/mol. The summed E-state index contributed by atoms with van der Waals surface area (Å²) in [6, 6.07) is 22.8. The number of halogens is 1. The Kier molecular flexibility index (Phi) is 4.54. The lowest BCUT2D eigenvalue weighted by molar-refractivity contribution is 0.458. The summed E-state index contributed by atoms with van der Waals surface area (Å²) < 4.78 is 14.1. The summed E-state index contributed by atoms with van der Waals surface area (Å²) in [5.41, 5.74) is 2.63. The van der Waals surface area contributed by atoms with E-state index in [2.05, 4.69) is 42.6 Å². The molecule has 3 aromatic rings. The second-order valence-electron chi connectivity index (χ2n) is 7.19. The number of hydrogen-bond donors (Lipinski definition) is 1. The SMILES string of the molecule is C[C@@H](NC1CCC(c2ccccc2)C1)c1ccc(F)c2ccccc12. The summed E-state index contributed by atoms with van der Waals surface area (Å²) in [6.07, 6.45) is 3.61. The molecule has 0 saturated heterocycles. The highest BCUT2D eigenvalue weighted by molar-refractivity contribution is 5.86. The van der Waals surface area contributed by atoms with Crippen molar-refractivity contribution in [1.82, 2.24) is 5.32 Å². The predicted molar refractivity (Wildman–Crippen MR) is 102 cm³/mol. The number of nitrogens with one attached hydrogen (secondary N) is 1. The number of hydrogen-bond acceptors (Lipinski definition) is 1. The third-order valence-electron chi connectivity index (χ3n) is 5.56. The van der Waals surface area contributed by atoms with Crippen LogP contribution in [-0.2, 0) is 0 Å². The van der Waals surface area contributed by atoms with Crippen molar-refractivity contribution in [2.45, 2.75) is 44.2 Å². The molecule has 0 spiro atoms. The van der Waals surface area contributed by atoms with E-state index in [0.29, 0.717) is 17.3 Å². The van der Waals surface area contributed by atoms with Gasteiger partial charge in [0.15, 0.2) is 0 Å². The zero-order chi connectivity index (χ0) is 17.2. The zero-order valence-corrected chi connectivity index (χ0v) is 14.6. The van der Waals surface area contributed by atoms with E-state index >= 15 is 0 Å². The molecule has 0 radical (unpaired) electrons. The van der Waals surface area contributed by atoms with Gasteiger partial charge in [0.05, 0.1) is 0 Å². The summed E-state index contributed by atoms with van der Waals surface area (Å²) in [5.74, 6) is 0.507. The molecular weight excluding hydrogens is 309 g/mol. The molecule has 0 bridgehead atoms. The lowest BCUT2D eigenvalue weighted by atomic mass is 9.97. The normalized spacial score (nSPS) is 21.5. The molecule has 1 aliphatic rings. The Morgan fingerprint density at radius 3 is 2.40 bits per heavy atom. The number of rotatable bonds is 4. The fraction of sp³-hybridized carbons (Fsp3) is 0.304. The fourth-order valence-electron chi connectivity index (χ4n) is 4.27. The smallest absolute Gasteiger partial charge is 0.131 e. The summed E-state index contributed by atoms with van der Waals surface area (Å²) >= 11 is 0. The Balaban J connectivity index is 1.50. The topological polar surface area (TPSA) is 12.0 Å². The largest absolute Gasteiger partial charge is 0.307 e. The quantitative estimate of drug-likeness (QED) is 0.620. The van der Waals surface area contributed by atoms with Gasteiger partial charge in [-0.1, -0.05) is 60.7 Å². The second-order valence-corrected chi connectivity index (χ2v) is 7.19. The van der Waals surface area contributed by atoms with E-state index in [1.54, 1.807) is 6.07 Å². The van der Waals surface area contributed by atoms with E-state index < -0.39 is 0 Å².